The second kappa shape index (κ2) is 6.37. The molecule has 4 heteroatoms. The van der Waals surface area contributed by atoms with E-state index in [4.69, 9.17) is 5.73 Å². The van der Waals surface area contributed by atoms with Gasteiger partial charge in [-0.1, -0.05) is 24.3 Å². The van der Waals surface area contributed by atoms with E-state index in [9.17, 15) is 4.79 Å². The van der Waals surface area contributed by atoms with E-state index in [1.807, 2.05) is 4.90 Å². The lowest BCUT2D eigenvalue weighted by Crippen LogP contribution is -2.51. The normalized spacial score (nSPS) is 25.9. The van der Waals surface area contributed by atoms with Crippen molar-refractivity contribution < 1.29 is 4.79 Å². The van der Waals surface area contributed by atoms with E-state index in [1.165, 1.54) is 11.1 Å². The van der Waals surface area contributed by atoms with Crippen molar-refractivity contribution in [3.05, 3.63) is 35.4 Å². The highest BCUT2D eigenvalue weighted by atomic mass is 35.5. The number of benzene rings is 1. The van der Waals surface area contributed by atoms with Crippen molar-refractivity contribution in [2.45, 2.75) is 50.5 Å². The molecule has 1 aliphatic heterocycles. The Hall–Kier alpha value is -1.06. The molecule has 0 spiro atoms. The van der Waals surface area contributed by atoms with Gasteiger partial charge in [-0.3, -0.25) is 4.79 Å². The lowest BCUT2D eigenvalue weighted by molar-refractivity contribution is -0.138. The molecule has 0 saturated carbocycles. The standard InChI is InChI=1S/C17H24N2O.ClH/c1-17(16(20)19-11-8-14(18)9-12-19)10-4-6-13-5-2-3-7-15(13)17;/h2-3,5,7,14H,4,6,8-12,18H2,1H3;1H. The molecule has 116 valence electrons. The van der Waals surface area contributed by atoms with Gasteiger partial charge < -0.3 is 10.6 Å². The minimum atomic E-state index is -0.337. The van der Waals surface area contributed by atoms with Gasteiger partial charge in [-0.2, -0.15) is 0 Å². The first-order valence-corrected chi connectivity index (χ1v) is 7.74. The maximum absolute atomic E-state index is 13.0. The van der Waals surface area contributed by atoms with Crippen molar-refractivity contribution in [3.63, 3.8) is 0 Å². The third-order valence-corrected chi connectivity index (χ3v) is 5.03. The monoisotopic (exact) mass is 308 g/mol. The second-order valence-electron chi connectivity index (χ2n) is 6.47. The lowest BCUT2D eigenvalue weighted by atomic mass is 9.70. The largest absolute Gasteiger partial charge is 0.342 e. The third kappa shape index (κ3) is 2.95. The summed E-state index contributed by atoms with van der Waals surface area (Å²) < 4.78 is 0. The highest BCUT2D eigenvalue weighted by molar-refractivity contribution is 5.88. The summed E-state index contributed by atoms with van der Waals surface area (Å²) in [4.78, 5) is 15.1. The predicted molar refractivity (Wildman–Crippen MR) is 87.8 cm³/mol. The molecule has 1 saturated heterocycles. The molecule has 1 amide bonds. The van der Waals surface area contributed by atoms with Crippen molar-refractivity contribution in [2.75, 3.05) is 13.1 Å². The summed E-state index contributed by atoms with van der Waals surface area (Å²) >= 11 is 0. The van der Waals surface area contributed by atoms with Gasteiger partial charge in [-0.25, -0.2) is 0 Å². The number of aryl methyl sites for hydroxylation is 1. The Balaban J connectivity index is 0.00000161. The van der Waals surface area contributed by atoms with E-state index in [0.29, 0.717) is 5.91 Å². The number of hydrogen-bond donors (Lipinski definition) is 1. The van der Waals surface area contributed by atoms with Gasteiger partial charge in [0, 0.05) is 19.1 Å². The van der Waals surface area contributed by atoms with Crippen LogP contribution in [0.1, 0.15) is 43.7 Å². The molecule has 0 radical (unpaired) electrons. The van der Waals surface area contributed by atoms with Crippen molar-refractivity contribution in [3.8, 4) is 0 Å². The van der Waals surface area contributed by atoms with Gasteiger partial charge in [0.25, 0.3) is 0 Å². The number of likely N-dealkylation sites (tertiary alicyclic amines) is 1. The van der Waals surface area contributed by atoms with E-state index in [2.05, 4.69) is 31.2 Å². The first-order chi connectivity index (χ1) is 9.61. The summed E-state index contributed by atoms with van der Waals surface area (Å²) in [7, 11) is 0. The number of amides is 1. The fourth-order valence-corrected chi connectivity index (χ4v) is 3.72. The highest BCUT2D eigenvalue weighted by Gasteiger charge is 2.41. The zero-order chi connectivity index (χ0) is 14.2. The maximum Gasteiger partial charge on any atom is 0.232 e. The molecule has 0 aromatic heterocycles. The summed E-state index contributed by atoms with van der Waals surface area (Å²) in [6, 6.07) is 8.72. The summed E-state index contributed by atoms with van der Waals surface area (Å²) in [6.45, 7) is 3.76. The average molecular weight is 309 g/mol. The van der Waals surface area contributed by atoms with Gasteiger partial charge in [0.05, 0.1) is 5.41 Å². The summed E-state index contributed by atoms with van der Waals surface area (Å²) in [6.07, 6.45) is 5.04. The number of carbonyl (C=O) groups is 1. The van der Waals surface area contributed by atoms with Crippen LogP contribution in [-0.4, -0.2) is 29.9 Å². The van der Waals surface area contributed by atoms with E-state index in [1.54, 1.807) is 0 Å². The number of hydrogen-bond acceptors (Lipinski definition) is 2. The van der Waals surface area contributed by atoms with Crippen LogP contribution >= 0.6 is 12.4 Å². The van der Waals surface area contributed by atoms with Crippen LogP contribution in [-0.2, 0) is 16.6 Å². The quantitative estimate of drug-likeness (QED) is 0.867. The first-order valence-electron chi connectivity index (χ1n) is 7.74. The molecule has 1 heterocycles. The van der Waals surface area contributed by atoms with Gasteiger partial charge in [0.2, 0.25) is 5.91 Å². The van der Waals surface area contributed by atoms with Crippen molar-refractivity contribution in [1.82, 2.24) is 4.90 Å². The zero-order valence-electron chi connectivity index (χ0n) is 12.7. The first kappa shape index (κ1) is 16.3. The Morgan fingerprint density at radius 2 is 1.95 bits per heavy atom. The van der Waals surface area contributed by atoms with Crippen LogP contribution in [0.2, 0.25) is 0 Å². The van der Waals surface area contributed by atoms with Gasteiger partial charge in [0.1, 0.15) is 0 Å². The third-order valence-electron chi connectivity index (χ3n) is 5.03. The number of halogens is 1. The van der Waals surface area contributed by atoms with E-state index < -0.39 is 0 Å². The Bertz CT molecular complexity index is 511. The van der Waals surface area contributed by atoms with Crippen molar-refractivity contribution in [2.24, 2.45) is 5.73 Å². The summed E-state index contributed by atoms with van der Waals surface area (Å²) in [5, 5.41) is 0. The molecule has 1 fully saturated rings. The molecule has 1 aromatic carbocycles. The minimum Gasteiger partial charge on any atom is -0.342 e. The van der Waals surface area contributed by atoms with Crippen LogP contribution in [0.5, 0.6) is 0 Å². The molecule has 1 aliphatic carbocycles. The van der Waals surface area contributed by atoms with Gasteiger partial charge in [-0.15, -0.1) is 12.4 Å². The average Bonchev–Trinajstić information content (AvgIpc) is 2.48. The second-order valence-corrected chi connectivity index (χ2v) is 6.47. The van der Waals surface area contributed by atoms with Gasteiger partial charge in [-0.05, 0) is 50.2 Å². The Kier molecular flexibility index (Phi) is 4.95. The molecular formula is C17H25ClN2O. The Morgan fingerprint density at radius 3 is 2.67 bits per heavy atom. The zero-order valence-corrected chi connectivity index (χ0v) is 13.5. The minimum absolute atomic E-state index is 0. The molecule has 1 atom stereocenters. The predicted octanol–water partition coefficient (Wildman–Crippen LogP) is 2.65. The number of fused-ring (bicyclic) bond motifs is 1. The topological polar surface area (TPSA) is 46.3 Å². The molecule has 3 rings (SSSR count). The Labute approximate surface area is 133 Å². The number of rotatable bonds is 1. The maximum atomic E-state index is 13.0. The number of nitrogens with two attached hydrogens (primary N) is 1. The molecular weight excluding hydrogens is 284 g/mol. The van der Waals surface area contributed by atoms with Crippen LogP contribution in [0.3, 0.4) is 0 Å². The molecule has 3 nitrogen and oxygen atoms in total. The molecule has 21 heavy (non-hydrogen) atoms. The molecule has 1 aromatic rings. The fraction of sp³-hybridized carbons (Fsp3) is 0.588. The smallest absolute Gasteiger partial charge is 0.232 e. The fourth-order valence-electron chi connectivity index (χ4n) is 3.72. The van der Waals surface area contributed by atoms with Gasteiger partial charge in [0.15, 0.2) is 0 Å². The van der Waals surface area contributed by atoms with E-state index in [-0.39, 0.29) is 23.9 Å². The van der Waals surface area contributed by atoms with E-state index in [0.717, 1.165) is 45.2 Å². The van der Waals surface area contributed by atoms with Crippen LogP contribution in [0.15, 0.2) is 24.3 Å². The van der Waals surface area contributed by atoms with Crippen LogP contribution in [0.4, 0.5) is 0 Å². The van der Waals surface area contributed by atoms with Crippen LogP contribution < -0.4 is 5.73 Å². The number of nitrogens with zero attached hydrogens (tertiary/aromatic N) is 1. The number of piperidine rings is 1. The Morgan fingerprint density at radius 1 is 1.29 bits per heavy atom. The summed E-state index contributed by atoms with van der Waals surface area (Å²) in [5.74, 6) is 0.302. The SMILES string of the molecule is CC1(C(=O)N2CCC(N)CC2)CCCc2ccccc21.Cl. The number of carbonyl (C=O) groups excluding carboxylic acids is 1. The summed E-state index contributed by atoms with van der Waals surface area (Å²) in [5.41, 5.74) is 8.20. The molecule has 2 N–H and O–H groups in total. The van der Waals surface area contributed by atoms with Crippen LogP contribution in [0.25, 0.3) is 0 Å². The molecule has 1 unspecified atom stereocenters. The lowest BCUT2D eigenvalue weighted by Gasteiger charge is -2.40. The molecule has 0 bridgehead atoms. The van der Waals surface area contributed by atoms with Crippen molar-refractivity contribution in [1.29, 1.82) is 0 Å². The van der Waals surface area contributed by atoms with Crippen molar-refractivity contribution >= 4 is 18.3 Å². The molecule has 2 aliphatic rings. The highest BCUT2D eigenvalue weighted by Crippen LogP contribution is 2.38. The van der Waals surface area contributed by atoms with Gasteiger partial charge >= 0.3 is 0 Å². The van der Waals surface area contributed by atoms with E-state index >= 15 is 0 Å². The van der Waals surface area contributed by atoms with Crippen LogP contribution in [0, 0.1) is 0 Å².